The van der Waals surface area contributed by atoms with Crippen LogP contribution in [0, 0.1) is 14.9 Å². The maximum absolute atomic E-state index is 2.00. The van der Waals surface area contributed by atoms with Gasteiger partial charge in [-0.25, -0.2) is 24.3 Å². The summed E-state index contributed by atoms with van der Waals surface area (Å²) in [6.45, 7) is 0. The van der Waals surface area contributed by atoms with Crippen LogP contribution >= 0.6 is 0 Å². The summed E-state index contributed by atoms with van der Waals surface area (Å²) in [6.07, 6.45) is 0. The van der Waals surface area contributed by atoms with Crippen LogP contribution in [0.5, 0.6) is 0 Å². The first-order valence-corrected chi connectivity index (χ1v) is 3.33. The molecule has 0 spiro atoms. The third-order valence-corrected chi connectivity index (χ3v) is 1.11. The molecule has 0 heterocycles. The van der Waals surface area contributed by atoms with Gasteiger partial charge in [0.05, 0.1) is 0 Å². The maximum Gasteiger partial charge on any atom is 0 e. The Morgan fingerprint density at radius 1 is 0.500 bits per heavy atom. The Hall–Kier alpha value is 0.440. The molecule has 14 heavy (non-hydrogen) atoms. The van der Waals surface area contributed by atoms with Crippen molar-refractivity contribution in [3.63, 3.8) is 0 Å². The first kappa shape index (κ1) is 23.9. The summed E-state index contributed by atoms with van der Waals surface area (Å²) in [5.74, 6) is 0. The predicted molar refractivity (Wildman–Crippen MR) is 56.9 cm³/mol. The van der Waals surface area contributed by atoms with Crippen LogP contribution in [0.2, 0.25) is 0 Å². The molecule has 0 saturated heterocycles. The van der Waals surface area contributed by atoms with Crippen LogP contribution in [0.1, 0.15) is 0 Å². The third-order valence-electron chi connectivity index (χ3n) is 1.11. The van der Waals surface area contributed by atoms with Gasteiger partial charge in [0, 0.05) is 51.7 Å². The van der Waals surface area contributed by atoms with Gasteiger partial charge in [0.1, 0.15) is 0 Å². The SMILES string of the molecule is [CH3-].[CH3-].[Hf].[Hf].c1cc[cH-]c1.c1cc[cH-]c1. The number of rotatable bonds is 0. The number of hydrogen-bond acceptors (Lipinski definition) is 0. The second-order valence-corrected chi connectivity index (χ2v) is 1.92. The molecule has 2 aromatic carbocycles. The molecular weight excluding hydrogens is 501 g/mol. The van der Waals surface area contributed by atoms with Crippen molar-refractivity contribution in [1.82, 2.24) is 0 Å². The van der Waals surface area contributed by atoms with Crippen molar-refractivity contribution >= 4 is 0 Å². The van der Waals surface area contributed by atoms with E-state index < -0.39 is 0 Å². The molecule has 0 atom stereocenters. The van der Waals surface area contributed by atoms with Crippen molar-refractivity contribution in [3.8, 4) is 0 Å². The number of hydrogen-bond donors (Lipinski definition) is 0. The fourth-order valence-corrected chi connectivity index (χ4v) is 0.642. The van der Waals surface area contributed by atoms with Crippen LogP contribution in [0.15, 0.2) is 60.7 Å². The van der Waals surface area contributed by atoms with Gasteiger partial charge in [0.25, 0.3) is 0 Å². The van der Waals surface area contributed by atoms with E-state index >= 15 is 0 Å². The monoisotopic (exact) mass is 520 g/mol. The van der Waals surface area contributed by atoms with Crippen LogP contribution in [-0.2, 0) is 51.7 Å². The van der Waals surface area contributed by atoms with E-state index in [4.69, 9.17) is 0 Å². The zero-order valence-corrected chi connectivity index (χ0v) is 16.0. The van der Waals surface area contributed by atoms with Gasteiger partial charge in [-0.15, -0.1) is 0 Å². The quantitative estimate of drug-likeness (QED) is 0.370. The van der Waals surface area contributed by atoms with E-state index in [9.17, 15) is 0 Å². The summed E-state index contributed by atoms with van der Waals surface area (Å²) in [7, 11) is 0. The molecule has 2 heteroatoms. The van der Waals surface area contributed by atoms with E-state index in [1.165, 1.54) is 0 Å². The Balaban J connectivity index is -0.0000000556. The van der Waals surface area contributed by atoms with Crippen LogP contribution in [0.3, 0.4) is 0 Å². The van der Waals surface area contributed by atoms with Gasteiger partial charge in [-0.05, 0) is 0 Å². The second-order valence-electron chi connectivity index (χ2n) is 1.92. The van der Waals surface area contributed by atoms with Crippen molar-refractivity contribution in [2.75, 3.05) is 0 Å². The van der Waals surface area contributed by atoms with Gasteiger partial charge in [-0.3, -0.25) is 0 Å². The smallest absolute Gasteiger partial charge is 0 e. The molecule has 2 aromatic rings. The standard InChI is InChI=1S/2C5H5.2CH3.2Hf/c2*1-2-4-5-3-1;;;;/h2*1-5H;2*1H3;;/q4*-1;;. The fraction of sp³-hybridized carbons (Fsp3) is 0. The van der Waals surface area contributed by atoms with Crippen molar-refractivity contribution in [3.05, 3.63) is 75.5 Å². The fourth-order valence-electron chi connectivity index (χ4n) is 0.642. The molecule has 0 N–H and O–H groups in total. The van der Waals surface area contributed by atoms with E-state index in [2.05, 4.69) is 0 Å². The first-order chi connectivity index (χ1) is 5.00. The van der Waals surface area contributed by atoms with E-state index in [0.29, 0.717) is 0 Å². The Morgan fingerprint density at radius 2 is 0.714 bits per heavy atom. The molecule has 0 saturated carbocycles. The van der Waals surface area contributed by atoms with Gasteiger partial charge < -0.3 is 14.9 Å². The zero-order valence-electron chi connectivity index (χ0n) is 8.77. The molecule has 0 amide bonds. The maximum atomic E-state index is 2.00. The molecule has 0 unspecified atom stereocenters. The van der Waals surface area contributed by atoms with Crippen LogP contribution < -0.4 is 0 Å². The van der Waals surface area contributed by atoms with Crippen LogP contribution in [0.4, 0.5) is 0 Å². The molecular formula is C12H16Hf2-4. The Morgan fingerprint density at radius 3 is 0.786 bits per heavy atom. The van der Waals surface area contributed by atoms with E-state index in [0.717, 1.165) is 0 Å². The summed E-state index contributed by atoms with van der Waals surface area (Å²) in [5.41, 5.74) is 0. The van der Waals surface area contributed by atoms with Gasteiger partial charge in [0.2, 0.25) is 0 Å². The normalized spacial score (nSPS) is 5.71. The Kier molecular flexibility index (Phi) is 32.6. The second kappa shape index (κ2) is 19.1. The van der Waals surface area contributed by atoms with E-state index in [1.54, 1.807) is 0 Å². The van der Waals surface area contributed by atoms with Crippen molar-refractivity contribution in [2.45, 2.75) is 0 Å². The Bertz CT molecular complexity index is 148. The molecule has 76 valence electrons. The van der Waals surface area contributed by atoms with Crippen molar-refractivity contribution < 1.29 is 51.7 Å². The molecule has 0 nitrogen and oxygen atoms in total. The van der Waals surface area contributed by atoms with Crippen molar-refractivity contribution in [1.29, 1.82) is 0 Å². The zero-order chi connectivity index (χ0) is 7.07. The van der Waals surface area contributed by atoms with Gasteiger partial charge in [-0.2, -0.15) is 36.4 Å². The summed E-state index contributed by atoms with van der Waals surface area (Å²) in [6, 6.07) is 20.0. The van der Waals surface area contributed by atoms with Crippen LogP contribution in [-0.4, -0.2) is 0 Å². The minimum atomic E-state index is 0. The molecule has 0 bridgehead atoms. The van der Waals surface area contributed by atoms with Crippen molar-refractivity contribution in [2.24, 2.45) is 0 Å². The molecule has 2 rings (SSSR count). The summed E-state index contributed by atoms with van der Waals surface area (Å²) in [4.78, 5) is 0. The molecule has 0 aliphatic heterocycles. The predicted octanol–water partition coefficient (Wildman–Crippen LogP) is 3.71. The molecule has 0 aromatic heterocycles. The van der Waals surface area contributed by atoms with Gasteiger partial charge in [0.15, 0.2) is 0 Å². The largest absolute Gasteiger partial charge is 0.358 e. The molecule has 0 aliphatic carbocycles. The molecule has 0 fully saturated rings. The molecule has 0 aliphatic rings. The summed E-state index contributed by atoms with van der Waals surface area (Å²) in [5, 5.41) is 0. The topological polar surface area (TPSA) is 0 Å². The van der Waals surface area contributed by atoms with Gasteiger partial charge in [-0.1, -0.05) is 0 Å². The summed E-state index contributed by atoms with van der Waals surface area (Å²) >= 11 is 0. The first-order valence-electron chi connectivity index (χ1n) is 3.33. The van der Waals surface area contributed by atoms with E-state index in [-0.39, 0.29) is 66.5 Å². The average molecular weight is 517 g/mol. The minimum absolute atomic E-state index is 0. The van der Waals surface area contributed by atoms with Gasteiger partial charge >= 0.3 is 0 Å². The summed E-state index contributed by atoms with van der Waals surface area (Å²) < 4.78 is 0. The molecule has 0 radical (unpaired) electrons. The third kappa shape index (κ3) is 14.9. The van der Waals surface area contributed by atoms with E-state index in [1.807, 2.05) is 60.7 Å². The minimum Gasteiger partial charge on any atom is -0.358 e. The average Bonchev–Trinajstić information content (AvgIpc) is 2.67. The Labute approximate surface area is 126 Å². The van der Waals surface area contributed by atoms with Crippen LogP contribution in [0.25, 0.3) is 0 Å².